The number of unbranched alkanes of at least 4 members (excludes halogenated alkanes) is 2. The standard InChI is InChI=1S/C9H16N2O2.C4H6O2/c10-6-2-1-3-7-11-8(12)4-5-9(11)13;1-3(2)4(5)6/h1-7,10H2;1H2,2H3,(H,5,6). The van der Waals surface area contributed by atoms with E-state index in [-0.39, 0.29) is 17.4 Å². The van der Waals surface area contributed by atoms with Crippen LogP contribution in [0.25, 0.3) is 0 Å². The van der Waals surface area contributed by atoms with Crippen molar-refractivity contribution in [3.8, 4) is 0 Å². The number of carbonyl (C=O) groups is 3. The van der Waals surface area contributed by atoms with E-state index < -0.39 is 5.97 Å². The number of rotatable bonds is 6. The van der Waals surface area contributed by atoms with Crippen LogP contribution in [0, 0.1) is 0 Å². The van der Waals surface area contributed by atoms with Crippen molar-refractivity contribution in [1.29, 1.82) is 0 Å². The molecule has 1 fully saturated rings. The molecule has 1 aliphatic rings. The molecule has 0 aromatic rings. The topological polar surface area (TPSA) is 101 Å². The zero-order valence-electron chi connectivity index (χ0n) is 11.4. The summed E-state index contributed by atoms with van der Waals surface area (Å²) in [6.07, 6.45) is 3.64. The van der Waals surface area contributed by atoms with Crippen molar-refractivity contribution in [2.75, 3.05) is 13.1 Å². The van der Waals surface area contributed by atoms with Gasteiger partial charge in [-0.3, -0.25) is 14.5 Å². The maximum Gasteiger partial charge on any atom is 0.330 e. The van der Waals surface area contributed by atoms with Gasteiger partial charge < -0.3 is 10.8 Å². The lowest BCUT2D eigenvalue weighted by Gasteiger charge is -2.12. The second-order valence-electron chi connectivity index (χ2n) is 4.37. The number of aliphatic carboxylic acids is 1. The monoisotopic (exact) mass is 270 g/mol. The number of nitrogens with zero attached hydrogens (tertiary/aromatic N) is 1. The summed E-state index contributed by atoms with van der Waals surface area (Å²) in [7, 11) is 0. The third kappa shape index (κ3) is 7.35. The minimum atomic E-state index is -0.935. The van der Waals surface area contributed by atoms with Crippen LogP contribution in [0.3, 0.4) is 0 Å². The summed E-state index contributed by atoms with van der Waals surface area (Å²) < 4.78 is 0. The molecular weight excluding hydrogens is 248 g/mol. The van der Waals surface area contributed by atoms with E-state index >= 15 is 0 Å². The fourth-order valence-corrected chi connectivity index (χ4v) is 1.46. The normalized spacial score (nSPS) is 14.1. The van der Waals surface area contributed by atoms with Gasteiger partial charge in [-0.15, -0.1) is 0 Å². The van der Waals surface area contributed by atoms with Crippen LogP contribution in [0.4, 0.5) is 0 Å². The maximum absolute atomic E-state index is 11.1. The lowest BCUT2D eigenvalue weighted by molar-refractivity contribution is -0.138. The van der Waals surface area contributed by atoms with Gasteiger partial charge in [-0.05, 0) is 26.3 Å². The second-order valence-corrected chi connectivity index (χ2v) is 4.37. The van der Waals surface area contributed by atoms with Gasteiger partial charge in [-0.25, -0.2) is 4.79 Å². The van der Waals surface area contributed by atoms with Gasteiger partial charge in [0.05, 0.1) is 0 Å². The maximum atomic E-state index is 11.1. The summed E-state index contributed by atoms with van der Waals surface area (Å²) in [4.78, 5) is 33.2. The molecule has 108 valence electrons. The molecule has 1 saturated heterocycles. The number of hydrogen-bond donors (Lipinski definition) is 2. The van der Waals surface area contributed by atoms with Gasteiger partial charge in [0, 0.05) is 25.0 Å². The predicted octanol–water partition coefficient (Wildman–Crippen LogP) is 0.911. The minimum absolute atomic E-state index is 0.0160. The Hall–Kier alpha value is -1.69. The summed E-state index contributed by atoms with van der Waals surface area (Å²) in [6.45, 7) is 5.87. The van der Waals surface area contributed by atoms with Crippen LogP contribution in [0.5, 0.6) is 0 Å². The molecular formula is C13H22N2O4. The molecule has 1 heterocycles. The smallest absolute Gasteiger partial charge is 0.330 e. The first-order valence-electron chi connectivity index (χ1n) is 6.32. The summed E-state index contributed by atoms with van der Waals surface area (Å²) in [5.41, 5.74) is 5.51. The Kier molecular flexibility index (Phi) is 8.44. The number of nitrogens with two attached hydrogens (primary N) is 1. The number of carboxylic acid groups (broad SMARTS) is 1. The van der Waals surface area contributed by atoms with E-state index in [0.29, 0.717) is 25.9 Å². The van der Waals surface area contributed by atoms with Crippen molar-refractivity contribution in [1.82, 2.24) is 4.90 Å². The molecule has 1 rings (SSSR count). The van der Waals surface area contributed by atoms with Crippen LogP contribution in [0.1, 0.15) is 39.0 Å². The van der Waals surface area contributed by atoms with Crippen LogP contribution >= 0.6 is 0 Å². The first-order valence-corrected chi connectivity index (χ1v) is 6.32. The Bertz CT molecular complexity index is 325. The highest BCUT2D eigenvalue weighted by atomic mass is 16.4. The van der Waals surface area contributed by atoms with Crippen LogP contribution in [0.15, 0.2) is 12.2 Å². The molecule has 0 atom stereocenters. The molecule has 0 bridgehead atoms. The molecule has 1 aliphatic heterocycles. The molecule has 2 amide bonds. The highest BCUT2D eigenvalue weighted by molar-refractivity contribution is 6.01. The fraction of sp³-hybridized carbons (Fsp3) is 0.615. The number of likely N-dealkylation sites (tertiary alicyclic amines) is 1. The van der Waals surface area contributed by atoms with Crippen LogP contribution in [0.2, 0.25) is 0 Å². The molecule has 0 saturated carbocycles. The molecule has 0 aliphatic carbocycles. The molecule has 0 unspecified atom stereocenters. The largest absolute Gasteiger partial charge is 0.478 e. The third-order valence-electron chi connectivity index (χ3n) is 2.61. The van der Waals surface area contributed by atoms with Crippen molar-refractivity contribution >= 4 is 17.8 Å². The summed E-state index contributed by atoms with van der Waals surface area (Å²) >= 11 is 0. The number of amides is 2. The molecule has 6 nitrogen and oxygen atoms in total. The third-order valence-corrected chi connectivity index (χ3v) is 2.61. The molecule has 0 aromatic heterocycles. The number of imide groups is 1. The van der Waals surface area contributed by atoms with Crippen molar-refractivity contribution in [2.45, 2.75) is 39.0 Å². The predicted molar refractivity (Wildman–Crippen MR) is 71.3 cm³/mol. The molecule has 6 heteroatoms. The van der Waals surface area contributed by atoms with Crippen LogP contribution in [-0.2, 0) is 14.4 Å². The highest BCUT2D eigenvalue weighted by Crippen LogP contribution is 2.12. The second kappa shape index (κ2) is 9.27. The molecule has 0 aromatic carbocycles. The Morgan fingerprint density at radius 3 is 2.11 bits per heavy atom. The van der Waals surface area contributed by atoms with Crippen molar-refractivity contribution < 1.29 is 19.5 Å². The number of hydrogen-bond acceptors (Lipinski definition) is 4. The molecule has 0 radical (unpaired) electrons. The summed E-state index contributed by atoms with van der Waals surface area (Å²) in [6, 6.07) is 0. The number of carboxylic acids is 1. The van der Waals surface area contributed by atoms with Gasteiger partial charge in [-0.1, -0.05) is 13.0 Å². The highest BCUT2D eigenvalue weighted by Gasteiger charge is 2.27. The Labute approximate surface area is 113 Å². The van der Waals surface area contributed by atoms with Crippen LogP contribution in [-0.4, -0.2) is 40.9 Å². The van der Waals surface area contributed by atoms with Crippen molar-refractivity contribution in [3.63, 3.8) is 0 Å². The quantitative estimate of drug-likeness (QED) is 0.424. The zero-order valence-corrected chi connectivity index (χ0v) is 11.4. The van der Waals surface area contributed by atoms with E-state index in [0.717, 1.165) is 19.3 Å². The summed E-state index contributed by atoms with van der Waals surface area (Å²) in [5.74, 6) is -0.967. The van der Waals surface area contributed by atoms with Gasteiger partial charge in [0.1, 0.15) is 0 Å². The van der Waals surface area contributed by atoms with Gasteiger partial charge in [0.2, 0.25) is 11.8 Å². The van der Waals surface area contributed by atoms with Gasteiger partial charge in [-0.2, -0.15) is 0 Å². The molecule has 3 N–H and O–H groups in total. The SMILES string of the molecule is C=C(C)C(=O)O.NCCCCCN1C(=O)CCC1=O. The van der Waals surface area contributed by atoms with E-state index in [4.69, 9.17) is 10.8 Å². The molecule has 19 heavy (non-hydrogen) atoms. The van der Waals surface area contributed by atoms with Gasteiger partial charge >= 0.3 is 5.97 Å². The Morgan fingerprint density at radius 1 is 1.26 bits per heavy atom. The molecule has 0 spiro atoms. The Balaban J connectivity index is 0.000000459. The lowest BCUT2D eigenvalue weighted by Crippen LogP contribution is -2.30. The number of carbonyl (C=O) groups excluding carboxylic acids is 2. The van der Waals surface area contributed by atoms with E-state index in [1.807, 2.05) is 0 Å². The average Bonchev–Trinajstić information content (AvgIpc) is 2.66. The first kappa shape index (κ1) is 17.3. The van der Waals surface area contributed by atoms with Crippen molar-refractivity contribution in [2.24, 2.45) is 5.73 Å². The minimum Gasteiger partial charge on any atom is -0.478 e. The van der Waals surface area contributed by atoms with Gasteiger partial charge in [0.25, 0.3) is 0 Å². The lowest BCUT2D eigenvalue weighted by atomic mass is 10.2. The average molecular weight is 270 g/mol. The van der Waals surface area contributed by atoms with E-state index in [1.165, 1.54) is 11.8 Å². The fourth-order valence-electron chi connectivity index (χ4n) is 1.46. The summed E-state index contributed by atoms with van der Waals surface area (Å²) in [5, 5.41) is 7.89. The Morgan fingerprint density at radius 2 is 1.74 bits per heavy atom. The van der Waals surface area contributed by atoms with E-state index in [9.17, 15) is 14.4 Å². The zero-order chi connectivity index (χ0) is 14.8. The van der Waals surface area contributed by atoms with Crippen LogP contribution < -0.4 is 5.73 Å². The first-order chi connectivity index (χ1) is 8.90. The van der Waals surface area contributed by atoms with Crippen molar-refractivity contribution in [3.05, 3.63) is 12.2 Å². The van der Waals surface area contributed by atoms with E-state index in [2.05, 4.69) is 6.58 Å². The van der Waals surface area contributed by atoms with E-state index in [1.54, 1.807) is 0 Å². The van der Waals surface area contributed by atoms with Gasteiger partial charge in [0.15, 0.2) is 0 Å².